The molecule has 0 amide bonds. The van der Waals surface area contributed by atoms with Crippen molar-refractivity contribution in [1.29, 1.82) is 0 Å². The largest absolute Gasteiger partial charge is 0.495 e. The van der Waals surface area contributed by atoms with Crippen LogP contribution in [-0.2, 0) is 4.74 Å². The summed E-state index contributed by atoms with van der Waals surface area (Å²) in [5.41, 5.74) is 0. The molecule has 0 aromatic carbocycles. The normalized spacial score (nSPS) is 9.14. The van der Waals surface area contributed by atoms with Gasteiger partial charge in [0.1, 0.15) is 0 Å². The van der Waals surface area contributed by atoms with Crippen molar-refractivity contribution in [3.63, 3.8) is 0 Å². The number of carbonyl (C=O) groups excluding carboxylic acids is 1. The van der Waals surface area contributed by atoms with E-state index in [0.29, 0.717) is 0 Å². The summed E-state index contributed by atoms with van der Waals surface area (Å²) in [7, 11) is 0. The molecular weight excluding hydrogens is 99.0 g/mol. The second kappa shape index (κ2) is 2.55. The van der Waals surface area contributed by atoms with E-state index in [1.807, 2.05) is 0 Å². The zero-order chi connectivity index (χ0) is 5.86. The van der Waals surface area contributed by atoms with Crippen LogP contribution in [0.2, 0.25) is 0 Å². The lowest BCUT2D eigenvalue weighted by Crippen LogP contribution is -2.03. The van der Waals surface area contributed by atoms with Gasteiger partial charge < -0.3 is 4.74 Å². The third kappa shape index (κ3) is 5.40. The molecule has 0 saturated heterocycles. The van der Waals surface area contributed by atoms with Crippen molar-refractivity contribution >= 4 is 6.22 Å². The van der Waals surface area contributed by atoms with Crippen molar-refractivity contribution in [3.8, 4) is 0 Å². The summed E-state index contributed by atoms with van der Waals surface area (Å²) < 4.78 is 15.0. The summed E-state index contributed by atoms with van der Waals surface area (Å²) in [6.07, 6.45) is -2.06. The summed E-state index contributed by atoms with van der Waals surface area (Å²) in [4.78, 5) is 9.37. The van der Waals surface area contributed by atoms with Crippen LogP contribution >= 0.6 is 0 Å². The van der Waals surface area contributed by atoms with Gasteiger partial charge in [-0.1, -0.05) is 0 Å². The topological polar surface area (TPSA) is 26.3 Å². The van der Waals surface area contributed by atoms with E-state index in [-0.39, 0.29) is 6.10 Å². The molecule has 0 bridgehead atoms. The van der Waals surface area contributed by atoms with E-state index >= 15 is 0 Å². The fourth-order valence-corrected chi connectivity index (χ4v) is 0.185. The van der Waals surface area contributed by atoms with Gasteiger partial charge in [-0.05, 0) is 13.8 Å². The molecule has 0 atom stereocenters. The lowest BCUT2D eigenvalue weighted by molar-refractivity contribution is 0.0920. The molecule has 0 fully saturated rings. The fraction of sp³-hybridized carbons (Fsp3) is 0.750. The monoisotopic (exact) mass is 106 g/mol. The van der Waals surface area contributed by atoms with Crippen LogP contribution in [0.15, 0.2) is 0 Å². The minimum Gasteiger partial charge on any atom is -0.438 e. The van der Waals surface area contributed by atoms with Crippen LogP contribution in [0.3, 0.4) is 0 Å². The summed E-state index contributed by atoms with van der Waals surface area (Å²) in [5.74, 6) is 0. The Balaban J connectivity index is 3.13. The van der Waals surface area contributed by atoms with E-state index in [0.717, 1.165) is 0 Å². The molecular formula is C4H7FO2. The molecule has 0 N–H and O–H groups in total. The van der Waals surface area contributed by atoms with Gasteiger partial charge in [-0.25, -0.2) is 4.79 Å². The van der Waals surface area contributed by atoms with Crippen molar-refractivity contribution < 1.29 is 13.9 Å². The van der Waals surface area contributed by atoms with Crippen LogP contribution in [0.1, 0.15) is 13.8 Å². The molecule has 0 spiro atoms. The van der Waals surface area contributed by atoms with Gasteiger partial charge in [0.25, 0.3) is 0 Å². The molecule has 0 aliphatic carbocycles. The molecule has 0 aromatic rings. The van der Waals surface area contributed by atoms with Crippen LogP contribution in [0, 0.1) is 0 Å². The lowest BCUT2D eigenvalue weighted by Gasteiger charge is -1.98. The van der Waals surface area contributed by atoms with Crippen molar-refractivity contribution in [1.82, 2.24) is 0 Å². The first-order valence-electron chi connectivity index (χ1n) is 1.99. The quantitative estimate of drug-likeness (QED) is 0.473. The van der Waals surface area contributed by atoms with Crippen molar-refractivity contribution in [2.24, 2.45) is 0 Å². The highest BCUT2D eigenvalue weighted by molar-refractivity contribution is 5.58. The van der Waals surface area contributed by atoms with Crippen molar-refractivity contribution in [3.05, 3.63) is 0 Å². The number of ether oxygens (including phenoxy) is 1. The Morgan fingerprint density at radius 1 is 1.71 bits per heavy atom. The first-order valence-corrected chi connectivity index (χ1v) is 1.99. The lowest BCUT2D eigenvalue weighted by atomic mass is 10.5. The number of carbonyl (C=O) groups is 1. The number of rotatable bonds is 1. The molecule has 0 heterocycles. The summed E-state index contributed by atoms with van der Waals surface area (Å²) in [6, 6.07) is 0. The molecule has 0 saturated carbocycles. The average Bonchev–Trinajstić information content (AvgIpc) is 1.27. The minimum atomic E-state index is -1.71. The summed E-state index contributed by atoms with van der Waals surface area (Å²) >= 11 is 0. The van der Waals surface area contributed by atoms with E-state index in [2.05, 4.69) is 4.74 Å². The maximum atomic E-state index is 11.1. The van der Waals surface area contributed by atoms with E-state index < -0.39 is 6.22 Å². The highest BCUT2D eigenvalue weighted by atomic mass is 19.1. The Morgan fingerprint density at radius 3 is 2.14 bits per heavy atom. The van der Waals surface area contributed by atoms with Crippen LogP contribution in [0.25, 0.3) is 0 Å². The number of halogens is 1. The smallest absolute Gasteiger partial charge is 0.438 e. The predicted molar refractivity (Wildman–Crippen MR) is 22.7 cm³/mol. The maximum Gasteiger partial charge on any atom is 0.495 e. The molecule has 3 heteroatoms. The first-order chi connectivity index (χ1) is 3.13. The second-order valence-corrected chi connectivity index (χ2v) is 1.40. The Labute approximate surface area is 41.3 Å². The minimum absolute atomic E-state index is 0.350. The molecule has 0 unspecified atom stereocenters. The highest BCUT2D eigenvalue weighted by Gasteiger charge is 1.98. The molecule has 0 rings (SSSR count). The zero-order valence-electron chi connectivity index (χ0n) is 4.27. The molecule has 7 heavy (non-hydrogen) atoms. The Morgan fingerprint density at radius 2 is 2.14 bits per heavy atom. The van der Waals surface area contributed by atoms with Gasteiger partial charge in [0, 0.05) is 0 Å². The van der Waals surface area contributed by atoms with Crippen LogP contribution in [0.5, 0.6) is 0 Å². The van der Waals surface area contributed by atoms with Gasteiger partial charge in [-0.2, -0.15) is 0 Å². The van der Waals surface area contributed by atoms with Crippen LogP contribution in [-0.4, -0.2) is 12.3 Å². The molecule has 0 aromatic heterocycles. The van der Waals surface area contributed by atoms with E-state index in [9.17, 15) is 9.18 Å². The van der Waals surface area contributed by atoms with E-state index in [1.54, 1.807) is 13.8 Å². The van der Waals surface area contributed by atoms with Gasteiger partial charge in [0.2, 0.25) is 0 Å². The van der Waals surface area contributed by atoms with Crippen molar-refractivity contribution in [2.75, 3.05) is 0 Å². The Kier molecular flexibility index (Phi) is 2.33. The van der Waals surface area contributed by atoms with Gasteiger partial charge >= 0.3 is 6.22 Å². The molecule has 0 radical (unpaired) electrons. The number of hydrogen-bond donors (Lipinski definition) is 0. The van der Waals surface area contributed by atoms with Gasteiger partial charge in [0.15, 0.2) is 0 Å². The molecule has 0 aliphatic rings. The van der Waals surface area contributed by atoms with Gasteiger partial charge in [-0.3, -0.25) is 0 Å². The number of hydrogen-bond acceptors (Lipinski definition) is 2. The SMILES string of the molecule is CC(C)OC(=O)F. The van der Waals surface area contributed by atoms with Crippen molar-refractivity contribution in [2.45, 2.75) is 20.0 Å². The summed E-state index contributed by atoms with van der Waals surface area (Å²) in [5, 5.41) is 0. The van der Waals surface area contributed by atoms with E-state index in [1.165, 1.54) is 0 Å². The van der Waals surface area contributed by atoms with Gasteiger partial charge in [-0.15, -0.1) is 4.39 Å². The first kappa shape index (κ1) is 6.40. The Hall–Kier alpha value is -0.600. The molecule has 0 aliphatic heterocycles. The third-order valence-corrected chi connectivity index (χ3v) is 0.328. The standard InChI is InChI=1S/C4H7FO2/c1-3(2)7-4(5)6/h3H,1-2H3. The van der Waals surface area contributed by atoms with E-state index in [4.69, 9.17) is 0 Å². The average molecular weight is 106 g/mol. The molecule has 42 valence electrons. The Bertz CT molecular complexity index is 70.1. The maximum absolute atomic E-state index is 11.1. The van der Waals surface area contributed by atoms with Gasteiger partial charge in [0.05, 0.1) is 6.10 Å². The van der Waals surface area contributed by atoms with Crippen LogP contribution < -0.4 is 0 Å². The highest BCUT2D eigenvalue weighted by Crippen LogP contribution is 1.89. The zero-order valence-corrected chi connectivity index (χ0v) is 4.27. The predicted octanol–water partition coefficient (Wildman–Crippen LogP) is 1.50. The summed E-state index contributed by atoms with van der Waals surface area (Å²) in [6.45, 7) is 3.16. The van der Waals surface area contributed by atoms with Crippen LogP contribution in [0.4, 0.5) is 9.18 Å². The second-order valence-electron chi connectivity index (χ2n) is 1.40. The third-order valence-electron chi connectivity index (χ3n) is 0.328. The fourth-order valence-electron chi connectivity index (χ4n) is 0.185. The molecule has 2 nitrogen and oxygen atoms in total.